The molecule has 0 unspecified atom stereocenters. The molecule has 1 atom stereocenters. The van der Waals surface area contributed by atoms with E-state index in [1.54, 1.807) is 6.20 Å². The van der Waals surface area contributed by atoms with Crippen LogP contribution in [-0.4, -0.2) is 10.9 Å². The van der Waals surface area contributed by atoms with Gasteiger partial charge in [0.2, 0.25) is 5.91 Å². The number of nitrogens with zero attached hydrogens (tertiary/aromatic N) is 1. The van der Waals surface area contributed by atoms with Gasteiger partial charge in [0.05, 0.1) is 6.04 Å². The molecule has 1 aromatic rings. The normalized spacial score (nSPS) is 12.2. The molecule has 0 radical (unpaired) electrons. The zero-order valence-electron chi connectivity index (χ0n) is 8.16. The molecule has 0 saturated carbocycles. The quantitative estimate of drug-likeness (QED) is 0.747. The van der Waals surface area contributed by atoms with Crippen molar-refractivity contribution in [2.45, 2.75) is 26.8 Å². The molecule has 70 valence electrons. The minimum Gasteiger partial charge on any atom is -0.350 e. The highest BCUT2D eigenvalue weighted by Crippen LogP contribution is 2.10. The van der Waals surface area contributed by atoms with Gasteiger partial charge >= 0.3 is 0 Å². The van der Waals surface area contributed by atoms with Gasteiger partial charge in [0.25, 0.3) is 0 Å². The molecule has 1 rings (SSSR count). The van der Waals surface area contributed by atoms with Crippen molar-refractivity contribution in [2.75, 3.05) is 0 Å². The molecular formula is C10H14N2O. The second-order valence-corrected chi connectivity index (χ2v) is 3.16. The van der Waals surface area contributed by atoms with Crippen molar-refractivity contribution in [2.24, 2.45) is 0 Å². The van der Waals surface area contributed by atoms with Crippen LogP contribution in [-0.2, 0) is 4.79 Å². The standard InChI is InChI=1S/C10H14N2O/c1-7-4-5-10(6-11-7)8(2)12-9(3)13/h4-6,8H,1-3H3,(H,12,13)/t8-/m0/s1. The lowest BCUT2D eigenvalue weighted by molar-refractivity contribution is -0.119. The minimum absolute atomic E-state index is 0.0203. The summed E-state index contributed by atoms with van der Waals surface area (Å²) in [6, 6.07) is 3.95. The molecule has 0 aliphatic heterocycles. The average molecular weight is 178 g/mol. The second kappa shape index (κ2) is 4.03. The van der Waals surface area contributed by atoms with Crippen LogP contribution in [0.5, 0.6) is 0 Å². The molecule has 0 fully saturated rings. The predicted molar refractivity (Wildman–Crippen MR) is 51.2 cm³/mol. The lowest BCUT2D eigenvalue weighted by Gasteiger charge is -2.11. The number of hydrogen-bond acceptors (Lipinski definition) is 2. The van der Waals surface area contributed by atoms with Crippen LogP contribution in [0.25, 0.3) is 0 Å². The van der Waals surface area contributed by atoms with Crippen molar-refractivity contribution < 1.29 is 4.79 Å². The van der Waals surface area contributed by atoms with E-state index in [0.717, 1.165) is 11.3 Å². The summed E-state index contributed by atoms with van der Waals surface area (Å²) in [4.78, 5) is 14.9. The van der Waals surface area contributed by atoms with Crippen molar-refractivity contribution in [3.63, 3.8) is 0 Å². The van der Waals surface area contributed by atoms with Crippen LogP contribution in [0, 0.1) is 6.92 Å². The first-order valence-electron chi connectivity index (χ1n) is 4.29. The van der Waals surface area contributed by atoms with Gasteiger partial charge in [-0.3, -0.25) is 9.78 Å². The highest BCUT2D eigenvalue weighted by Gasteiger charge is 2.05. The van der Waals surface area contributed by atoms with Crippen LogP contribution in [0.2, 0.25) is 0 Å². The van der Waals surface area contributed by atoms with E-state index >= 15 is 0 Å². The molecule has 1 N–H and O–H groups in total. The lowest BCUT2D eigenvalue weighted by Crippen LogP contribution is -2.23. The smallest absolute Gasteiger partial charge is 0.217 e. The lowest BCUT2D eigenvalue weighted by atomic mass is 10.1. The van der Waals surface area contributed by atoms with Gasteiger partial charge in [-0.2, -0.15) is 0 Å². The van der Waals surface area contributed by atoms with E-state index < -0.39 is 0 Å². The van der Waals surface area contributed by atoms with Gasteiger partial charge in [0.1, 0.15) is 0 Å². The Kier molecular flexibility index (Phi) is 3.01. The van der Waals surface area contributed by atoms with Crippen LogP contribution in [0.3, 0.4) is 0 Å². The molecule has 1 heterocycles. The number of carbonyl (C=O) groups is 1. The van der Waals surface area contributed by atoms with E-state index in [2.05, 4.69) is 10.3 Å². The Hall–Kier alpha value is -1.38. The zero-order valence-corrected chi connectivity index (χ0v) is 8.16. The Morgan fingerprint density at radius 2 is 2.23 bits per heavy atom. The van der Waals surface area contributed by atoms with E-state index in [1.807, 2.05) is 26.0 Å². The molecule has 0 saturated heterocycles. The van der Waals surface area contributed by atoms with Gasteiger partial charge in [-0.15, -0.1) is 0 Å². The second-order valence-electron chi connectivity index (χ2n) is 3.16. The summed E-state index contributed by atoms with van der Waals surface area (Å²) in [5, 5.41) is 2.80. The van der Waals surface area contributed by atoms with Gasteiger partial charge in [-0.25, -0.2) is 0 Å². The molecule has 1 amide bonds. The third kappa shape index (κ3) is 2.86. The molecule has 0 bridgehead atoms. The monoisotopic (exact) mass is 178 g/mol. The third-order valence-corrected chi connectivity index (χ3v) is 1.85. The first-order valence-corrected chi connectivity index (χ1v) is 4.29. The fourth-order valence-corrected chi connectivity index (χ4v) is 1.12. The summed E-state index contributed by atoms with van der Waals surface area (Å²) in [6.07, 6.45) is 1.79. The number of aromatic nitrogens is 1. The molecular weight excluding hydrogens is 164 g/mol. The van der Waals surface area contributed by atoms with Crippen molar-refractivity contribution in [1.82, 2.24) is 10.3 Å². The molecule has 0 aliphatic carbocycles. The van der Waals surface area contributed by atoms with Crippen LogP contribution >= 0.6 is 0 Å². The predicted octanol–water partition coefficient (Wildman–Crippen LogP) is 1.59. The van der Waals surface area contributed by atoms with Crippen LogP contribution < -0.4 is 5.32 Å². The van der Waals surface area contributed by atoms with Crippen molar-refractivity contribution in [3.05, 3.63) is 29.6 Å². The number of hydrogen-bond donors (Lipinski definition) is 1. The van der Waals surface area contributed by atoms with Crippen molar-refractivity contribution >= 4 is 5.91 Å². The first-order chi connectivity index (χ1) is 6.09. The molecule has 13 heavy (non-hydrogen) atoms. The van der Waals surface area contributed by atoms with Gasteiger partial charge < -0.3 is 5.32 Å². The number of carbonyl (C=O) groups excluding carboxylic acids is 1. The zero-order chi connectivity index (χ0) is 9.84. The summed E-state index contributed by atoms with van der Waals surface area (Å²) in [5.41, 5.74) is 2.01. The topological polar surface area (TPSA) is 42.0 Å². The fraction of sp³-hybridized carbons (Fsp3) is 0.400. The molecule has 0 aromatic carbocycles. The SMILES string of the molecule is CC(=O)N[C@@H](C)c1ccc(C)nc1. The van der Waals surface area contributed by atoms with Gasteiger partial charge in [0.15, 0.2) is 0 Å². The highest BCUT2D eigenvalue weighted by atomic mass is 16.1. The number of aryl methyl sites for hydroxylation is 1. The summed E-state index contributed by atoms with van der Waals surface area (Å²) < 4.78 is 0. The molecule has 3 nitrogen and oxygen atoms in total. The highest BCUT2D eigenvalue weighted by molar-refractivity contribution is 5.73. The van der Waals surface area contributed by atoms with Gasteiger partial charge in [0, 0.05) is 18.8 Å². The van der Waals surface area contributed by atoms with Crippen molar-refractivity contribution in [1.29, 1.82) is 0 Å². The maximum atomic E-state index is 10.8. The summed E-state index contributed by atoms with van der Waals surface area (Å²) in [5.74, 6) is -0.0203. The maximum Gasteiger partial charge on any atom is 0.217 e. The Labute approximate surface area is 78.2 Å². The Balaban J connectivity index is 2.71. The van der Waals surface area contributed by atoms with E-state index in [0.29, 0.717) is 0 Å². The number of pyridine rings is 1. The summed E-state index contributed by atoms with van der Waals surface area (Å²) >= 11 is 0. The summed E-state index contributed by atoms with van der Waals surface area (Å²) in [6.45, 7) is 5.39. The van der Waals surface area contributed by atoms with E-state index in [1.165, 1.54) is 6.92 Å². The van der Waals surface area contributed by atoms with Crippen LogP contribution in [0.1, 0.15) is 31.1 Å². The van der Waals surface area contributed by atoms with Gasteiger partial charge in [-0.05, 0) is 25.5 Å². The van der Waals surface area contributed by atoms with Gasteiger partial charge in [-0.1, -0.05) is 6.07 Å². The molecule has 0 spiro atoms. The Bertz CT molecular complexity index is 292. The van der Waals surface area contributed by atoms with E-state index in [9.17, 15) is 4.79 Å². The van der Waals surface area contributed by atoms with Crippen molar-refractivity contribution in [3.8, 4) is 0 Å². The minimum atomic E-state index is -0.0203. The number of rotatable bonds is 2. The maximum absolute atomic E-state index is 10.8. The largest absolute Gasteiger partial charge is 0.350 e. The molecule has 0 aliphatic rings. The van der Waals surface area contributed by atoms with E-state index in [4.69, 9.17) is 0 Å². The average Bonchev–Trinajstić information content (AvgIpc) is 2.04. The molecule has 1 aromatic heterocycles. The fourth-order valence-electron chi connectivity index (χ4n) is 1.12. The Morgan fingerprint density at radius 3 is 2.69 bits per heavy atom. The third-order valence-electron chi connectivity index (χ3n) is 1.85. The van der Waals surface area contributed by atoms with E-state index in [-0.39, 0.29) is 11.9 Å². The molecule has 3 heteroatoms. The first kappa shape index (κ1) is 9.71. The Morgan fingerprint density at radius 1 is 1.54 bits per heavy atom. The number of amides is 1. The van der Waals surface area contributed by atoms with Crippen LogP contribution in [0.4, 0.5) is 0 Å². The summed E-state index contributed by atoms with van der Waals surface area (Å²) in [7, 11) is 0. The number of nitrogens with one attached hydrogen (secondary N) is 1. The van der Waals surface area contributed by atoms with Crippen LogP contribution in [0.15, 0.2) is 18.3 Å².